The number of carboxylic acids is 1. The van der Waals surface area contributed by atoms with Crippen molar-refractivity contribution in [3.05, 3.63) is 53.9 Å². The van der Waals surface area contributed by atoms with Crippen molar-refractivity contribution in [2.24, 2.45) is 5.73 Å². The van der Waals surface area contributed by atoms with Crippen LogP contribution in [-0.2, 0) is 0 Å². The molecule has 3 rings (SSSR count). The van der Waals surface area contributed by atoms with Gasteiger partial charge in [-0.1, -0.05) is 12.1 Å². The van der Waals surface area contributed by atoms with Crippen LogP contribution in [0.15, 0.2) is 42.7 Å². The average molecular weight is 368 g/mol. The maximum atomic E-state index is 11.4. The van der Waals surface area contributed by atoms with Crippen LogP contribution in [0.4, 0.5) is 5.82 Å². The van der Waals surface area contributed by atoms with E-state index in [1.54, 1.807) is 32.4 Å². The first-order valence-electron chi connectivity index (χ1n) is 8.24. The van der Waals surface area contributed by atoms with Gasteiger partial charge in [0.05, 0.1) is 31.3 Å². The molecule has 0 aliphatic heterocycles. The quantitative estimate of drug-likeness (QED) is 0.582. The molecule has 3 aromatic rings. The number of aromatic nitrogens is 2. The van der Waals surface area contributed by atoms with Gasteiger partial charge in [0.15, 0.2) is 11.5 Å². The lowest BCUT2D eigenvalue weighted by molar-refractivity contribution is 0.0699. The van der Waals surface area contributed by atoms with Crippen molar-refractivity contribution in [2.45, 2.75) is 6.04 Å². The molecule has 0 amide bonds. The summed E-state index contributed by atoms with van der Waals surface area (Å²) in [5.41, 5.74) is 7.34. The molecule has 2 aromatic carbocycles. The third-order valence-corrected chi connectivity index (χ3v) is 4.25. The third kappa shape index (κ3) is 3.61. The molecule has 4 N–H and O–H groups in total. The number of rotatable bonds is 7. The van der Waals surface area contributed by atoms with E-state index in [0.717, 1.165) is 5.56 Å². The van der Waals surface area contributed by atoms with Crippen LogP contribution >= 0.6 is 0 Å². The Morgan fingerprint density at radius 3 is 2.63 bits per heavy atom. The Balaban J connectivity index is 2.00. The summed E-state index contributed by atoms with van der Waals surface area (Å²) < 4.78 is 10.6. The minimum Gasteiger partial charge on any atom is -0.493 e. The zero-order chi connectivity index (χ0) is 19.4. The fourth-order valence-corrected chi connectivity index (χ4v) is 2.89. The Kier molecular flexibility index (Phi) is 5.37. The lowest BCUT2D eigenvalue weighted by atomic mass is 10.1. The first kappa shape index (κ1) is 18.4. The third-order valence-electron chi connectivity index (χ3n) is 4.25. The summed E-state index contributed by atoms with van der Waals surface area (Å²) in [6.45, 7) is 0.291. The molecule has 0 saturated carbocycles. The molecule has 0 fully saturated rings. The van der Waals surface area contributed by atoms with Crippen LogP contribution in [-0.4, -0.2) is 41.8 Å². The number of ether oxygens (including phenoxy) is 2. The van der Waals surface area contributed by atoms with Crippen LogP contribution in [0.1, 0.15) is 22.0 Å². The van der Waals surface area contributed by atoms with Gasteiger partial charge in [-0.15, -0.1) is 0 Å². The van der Waals surface area contributed by atoms with Gasteiger partial charge in [-0.05, 0) is 29.8 Å². The summed E-state index contributed by atoms with van der Waals surface area (Å²) >= 11 is 0. The highest BCUT2D eigenvalue weighted by molar-refractivity contribution is 6.04. The van der Waals surface area contributed by atoms with Gasteiger partial charge in [0.1, 0.15) is 12.1 Å². The van der Waals surface area contributed by atoms with Crippen LogP contribution in [0.2, 0.25) is 0 Å². The van der Waals surface area contributed by atoms with Gasteiger partial charge in [0.2, 0.25) is 0 Å². The van der Waals surface area contributed by atoms with Crippen LogP contribution in [0.25, 0.3) is 10.9 Å². The molecule has 0 radical (unpaired) electrons. The molecule has 0 spiro atoms. The summed E-state index contributed by atoms with van der Waals surface area (Å²) in [6, 6.07) is 10.2. The normalized spacial score (nSPS) is 11.8. The van der Waals surface area contributed by atoms with Crippen LogP contribution < -0.4 is 20.5 Å². The summed E-state index contributed by atoms with van der Waals surface area (Å²) in [5, 5.41) is 13.2. The molecule has 1 unspecified atom stereocenters. The highest BCUT2D eigenvalue weighted by atomic mass is 16.5. The minimum absolute atomic E-state index is 0.119. The molecule has 1 aromatic heterocycles. The van der Waals surface area contributed by atoms with E-state index in [2.05, 4.69) is 15.3 Å². The molecule has 0 saturated heterocycles. The fourth-order valence-electron chi connectivity index (χ4n) is 2.89. The maximum absolute atomic E-state index is 11.4. The van der Waals surface area contributed by atoms with E-state index >= 15 is 0 Å². The number of hydrogen-bond acceptors (Lipinski definition) is 7. The molecular formula is C19H20N4O4. The van der Waals surface area contributed by atoms with Crippen molar-refractivity contribution in [1.29, 1.82) is 0 Å². The SMILES string of the molecule is COc1ccc(C(CN)Nc2ncnc3c(C(=O)O)cccc23)cc1OC. The van der Waals surface area contributed by atoms with Gasteiger partial charge >= 0.3 is 5.97 Å². The lowest BCUT2D eigenvalue weighted by Crippen LogP contribution is -2.21. The van der Waals surface area contributed by atoms with Gasteiger partial charge in [0, 0.05) is 11.9 Å². The van der Waals surface area contributed by atoms with Gasteiger partial charge in [-0.25, -0.2) is 14.8 Å². The van der Waals surface area contributed by atoms with Gasteiger partial charge in [-0.2, -0.15) is 0 Å². The lowest BCUT2D eigenvalue weighted by Gasteiger charge is -2.20. The van der Waals surface area contributed by atoms with Gasteiger partial charge in [0.25, 0.3) is 0 Å². The average Bonchev–Trinajstić information content (AvgIpc) is 2.70. The number of nitrogens with two attached hydrogens (primary N) is 1. The second kappa shape index (κ2) is 7.88. The number of para-hydroxylation sites is 1. The first-order chi connectivity index (χ1) is 13.1. The fraction of sp³-hybridized carbons (Fsp3) is 0.211. The van der Waals surface area contributed by atoms with E-state index in [9.17, 15) is 9.90 Å². The van der Waals surface area contributed by atoms with Crippen molar-refractivity contribution in [1.82, 2.24) is 9.97 Å². The van der Waals surface area contributed by atoms with E-state index in [1.165, 1.54) is 12.4 Å². The van der Waals surface area contributed by atoms with Crippen LogP contribution in [0, 0.1) is 0 Å². The van der Waals surface area contributed by atoms with Gasteiger partial charge < -0.3 is 25.6 Å². The summed E-state index contributed by atoms with van der Waals surface area (Å²) in [7, 11) is 3.14. The van der Waals surface area contributed by atoms with E-state index < -0.39 is 5.97 Å². The monoisotopic (exact) mass is 368 g/mol. The molecule has 1 heterocycles. The molecule has 0 bridgehead atoms. The molecule has 8 nitrogen and oxygen atoms in total. The smallest absolute Gasteiger partial charge is 0.337 e. The van der Waals surface area contributed by atoms with Crippen LogP contribution in [0.3, 0.4) is 0 Å². The molecule has 0 aliphatic rings. The second-order valence-electron chi connectivity index (χ2n) is 5.78. The molecule has 27 heavy (non-hydrogen) atoms. The number of methoxy groups -OCH3 is 2. The number of carboxylic acid groups (broad SMARTS) is 1. The Labute approximate surface area is 156 Å². The number of anilines is 1. The van der Waals surface area contributed by atoms with Crippen molar-refractivity contribution < 1.29 is 19.4 Å². The number of nitrogens with zero attached hydrogens (tertiary/aromatic N) is 2. The predicted octanol–water partition coefficient (Wildman–Crippen LogP) is 2.46. The summed E-state index contributed by atoms with van der Waals surface area (Å²) in [4.78, 5) is 19.8. The Morgan fingerprint density at radius 1 is 1.19 bits per heavy atom. The molecule has 0 aliphatic carbocycles. The number of hydrogen-bond donors (Lipinski definition) is 3. The molecule has 1 atom stereocenters. The number of carbonyl (C=O) groups is 1. The first-order valence-corrected chi connectivity index (χ1v) is 8.24. The number of nitrogens with one attached hydrogen (secondary N) is 1. The number of aromatic carboxylic acids is 1. The number of fused-ring (bicyclic) bond motifs is 1. The van der Waals surface area contributed by atoms with E-state index in [4.69, 9.17) is 15.2 Å². The molecular weight excluding hydrogens is 348 g/mol. The highest BCUT2D eigenvalue weighted by Crippen LogP contribution is 2.32. The predicted molar refractivity (Wildman–Crippen MR) is 101 cm³/mol. The zero-order valence-corrected chi connectivity index (χ0v) is 15.0. The zero-order valence-electron chi connectivity index (χ0n) is 15.0. The standard InChI is InChI=1S/C19H20N4O4/c1-26-15-7-6-11(8-16(15)27-2)14(9-20)23-18-12-4-3-5-13(19(24)25)17(12)21-10-22-18/h3-8,10,14H,9,20H2,1-2H3,(H,24,25)(H,21,22,23). The molecule has 140 valence electrons. The van der Waals surface area contributed by atoms with Gasteiger partial charge in [-0.3, -0.25) is 0 Å². The Bertz CT molecular complexity index is 977. The van der Waals surface area contributed by atoms with Crippen molar-refractivity contribution in [3.8, 4) is 11.5 Å². The van der Waals surface area contributed by atoms with Crippen molar-refractivity contribution in [3.63, 3.8) is 0 Å². The molecule has 8 heteroatoms. The largest absolute Gasteiger partial charge is 0.493 e. The second-order valence-corrected chi connectivity index (χ2v) is 5.78. The van der Waals surface area contributed by atoms with E-state index in [0.29, 0.717) is 34.8 Å². The number of benzene rings is 2. The maximum Gasteiger partial charge on any atom is 0.337 e. The van der Waals surface area contributed by atoms with Crippen molar-refractivity contribution in [2.75, 3.05) is 26.1 Å². The summed E-state index contributed by atoms with van der Waals surface area (Å²) in [6.07, 6.45) is 1.33. The van der Waals surface area contributed by atoms with E-state index in [1.807, 2.05) is 12.1 Å². The van der Waals surface area contributed by atoms with Crippen LogP contribution in [0.5, 0.6) is 11.5 Å². The van der Waals surface area contributed by atoms with Crippen molar-refractivity contribution >= 4 is 22.7 Å². The summed E-state index contributed by atoms with van der Waals surface area (Å²) in [5.74, 6) is 0.681. The Hall–Kier alpha value is -3.39. The van der Waals surface area contributed by atoms with E-state index in [-0.39, 0.29) is 11.6 Å². The highest BCUT2D eigenvalue weighted by Gasteiger charge is 2.17. The Morgan fingerprint density at radius 2 is 1.96 bits per heavy atom. The minimum atomic E-state index is -1.04. The topological polar surface area (TPSA) is 120 Å².